The van der Waals surface area contributed by atoms with Crippen LogP contribution in [0.25, 0.3) is 0 Å². The highest BCUT2D eigenvalue weighted by Crippen LogP contribution is 2.33. The Labute approximate surface area is 126 Å². The van der Waals surface area contributed by atoms with Crippen molar-refractivity contribution in [3.63, 3.8) is 0 Å². The first-order valence-electron chi connectivity index (χ1n) is 6.93. The number of pyridine rings is 2. The van der Waals surface area contributed by atoms with E-state index in [0.29, 0.717) is 0 Å². The van der Waals surface area contributed by atoms with Crippen LogP contribution in [0.2, 0.25) is 0 Å². The molecular formula is C18H17N2P. The number of rotatable bonds is 3. The standard InChI is InChI=1S/C18H17N2P/c1-14-3-4-15(2)18(13-14)21(16-5-9-19-10-6-16)17-7-11-20-12-8-17/h3-13H,1-2H3. The Kier molecular flexibility index (Phi) is 4.08. The van der Waals surface area contributed by atoms with Gasteiger partial charge in [-0.05, 0) is 67.5 Å². The van der Waals surface area contributed by atoms with Gasteiger partial charge in [0, 0.05) is 24.8 Å². The summed E-state index contributed by atoms with van der Waals surface area (Å²) in [6.07, 6.45) is 7.49. The number of hydrogen-bond donors (Lipinski definition) is 0. The van der Waals surface area contributed by atoms with E-state index in [9.17, 15) is 0 Å². The Morgan fingerprint density at radius 3 is 1.76 bits per heavy atom. The first-order chi connectivity index (χ1) is 10.3. The van der Waals surface area contributed by atoms with Crippen LogP contribution in [0.5, 0.6) is 0 Å². The average molecular weight is 292 g/mol. The Morgan fingerprint density at radius 1 is 0.714 bits per heavy atom. The highest BCUT2D eigenvalue weighted by Gasteiger charge is 2.18. The van der Waals surface area contributed by atoms with Crippen LogP contribution in [0.3, 0.4) is 0 Å². The Hall–Kier alpha value is -2.05. The molecule has 0 aliphatic carbocycles. The fourth-order valence-corrected chi connectivity index (χ4v) is 4.85. The lowest BCUT2D eigenvalue weighted by molar-refractivity contribution is 1.34. The van der Waals surface area contributed by atoms with Gasteiger partial charge in [0.1, 0.15) is 0 Å². The molecule has 0 saturated heterocycles. The highest BCUT2D eigenvalue weighted by molar-refractivity contribution is 7.79. The van der Waals surface area contributed by atoms with Crippen LogP contribution in [0.4, 0.5) is 0 Å². The molecule has 0 aliphatic rings. The second-order valence-electron chi connectivity index (χ2n) is 5.04. The summed E-state index contributed by atoms with van der Waals surface area (Å²) in [6.45, 7) is 4.34. The minimum absolute atomic E-state index is 0.563. The van der Waals surface area contributed by atoms with Crippen molar-refractivity contribution in [1.29, 1.82) is 0 Å². The predicted octanol–water partition coefficient (Wildman–Crippen LogP) is 2.85. The molecule has 0 spiro atoms. The first kappa shape index (κ1) is 13.9. The number of nitrogens with zero attached hydrogens (tertiary/aromatic N) is 2. The molecule has 0 atom stereocenters. The number of benzene rings is 1. The quantitative estimate of drug-likeness (QED) is 0.694. The van der Waals surface area contributed by atoms with Crippen molar-refractivity contribution < 1.29 is 0 Å². The Balaban J connectivity index is 2.20. The Bertz CT molecular complexity index is 687. The van der Waals surface area contributed by atoms with Gasteiger partial charge in [-0.1, -0.05) is 23.8 Å². The van der Waals surface area contributed by atoms with Crippen LogP contribution in [0.1, 0.15) is 11.1 Å². The third kappa shape index (κ3) is 3.01. The van der Waals surface area contributed by atoms with Crippen molar-refractivity contribution in [3.8, 4) is 0 Å². The summed E-state index contributed by atoms with van der Waals surface area (Å²) < 4.78 is 0. The molecule has 3 rings (SSSR count). The summed E-state index contributed by atoms with van der Waals surface area (Å²) in [5.41, 5.74) is 2.63. The second kappa shape index (κ2) is 6.15. The predicted molar refractivity (Wildman–Crippen MR) is 90.2 cm³/mol. The van der Waals surface area contributed by atoms with E-state index in [2.05, 4.69) is 66.3 Å². The van der Waals surface area contributed by atoms with Gasteiger partial charge in [-0.2, -0.15) is 0 Å². The van der Waals surface area contributed by atoms with Crippen LogP contribution < -0.4 is 15.9 Å². The lowest BCUT2D eigenvalue weighted by atomic mass is 10.2. The zero-order chi connectivity index (χ0) is 14.7. The fourth-order valence-electron chi connectivity index (χ4n) is 2.37. The minimum Gasteiger partial charge on any atom is -0.265 e. The zero-order valence-corrected chi connectivity index (χ0v) is 13.1. The molecule has 3 aromatic rings. The van der Waals surface area contributed by atoms with Gasteiger partial charge in [-0.25, -0.2) is 0 Å². The molecule has 0 N–H and O–H groups in total. The summed E-state index contributed by atoms with van der Waals surface area (Å²) in [5, 5.41) is 4.04. The van der Waals surface area contributed by atoms with E-state index < -0.39 is 7.92 Å². The maximum Gasteiger partial charge on any atom is 0.0274 e. The SMILES string of the molecule is Cc1ccc(C)c(P(c2ccncc2)c2ccncc2)c1. The van der Waals surface area contributed by atoms with Crippen molar-refractivity contribution in [1.82, 2.24) is 9.97 Å². The molecule has 104 valence electrons. The minimum atomic E-state index is -0.563. The van der Waals surface area contributed by atoms with E-state index in [0.717, 1.165) is 0 Å². The van der Waals surface area contributed by atoms with Crippen LogP contribution in [-0.2, 0) is 0 Å². The van der Waals surface area contributed by atoms with E-state index in [4.69, 9.17) is 0 Å². The van der Waals surface area contributed by atoms with Crippen molar-refractivity contribution in [2.24, 2.45) is 0 Å². The molecule has 0 unspecified atom stereocenters. The molecule has 21 heavy (non-hydrogen) atoms. The maximum absolute atomic E-state index is 4.15. The lowest BCUT2D eigenvalue weighted by Crippen LogP contribution is -2.22. The maximum atomic E-state index is 4.15. The molecule has 0 fully saturated rings. The molecule has 0 saturated carbocycles. The van der Waals surface area contributed by atoms with Crippen LogP contribution >= 0.6 is 7.92 Å². The van der Waals surface area contributed by atoms with Gasteiger partial charge in [0.15, 0.2) is 0 Å². The van der Waals surface area contributed by atoms with E-state index in [-0.39, 0.29) is 0 Å². The lowest BCUT2D eigenvalue weighted by Gasteiger charge is -2.21. The topological polar surface area (TPSA) is 25.8 Å². The van der Waals surface area contributed by atoms with Crippen LogP contribution in [0.15, 0.2) is 67.3 Å². The average Bonchev–Trinajstić information content (AvgIpc) is 2.53. The van der Waals surface area contributed by atoms with E-state index in [1.165, 1.54) is 27.0 Å². The molecule has 0 bridgehead atoms. The van der Waals surface area contributed by atoms with Gasteiger partial charge >= 0.3 is 0 Å². The summed E-state index contributed by atoms with van der Waals surface area (Å²) in [6, 6.07) is 15.2. The van der Waals surface area contributed by atoms with Crippen molar-refractivity contribution >= 4 is 23.8 Å². The summed E-state index contributed by atoms with van der Waals surface area (Å²) in [4.78, 5) is 8.31. The molecule has 2 aromatic heterocycles. The monoisotopic (exact) mass is 292 g/mol. The molecule has 1 aromatic carbocycles. The highest BCUT2D eigenvalue weighted by atomic mass is 31.1. The van der Waals surface area contributed by atoms with Gasteiger partial charge in [0.2, 0.25) is 0 Å². The molecule has 0 radical (unpaired) electrons. The first-order valence-corrected chi connectivity index (χ1v) is 8.27. The van der Waals surface area contributed by atoms with Gasteiger partial charge in [-0.3, -0.25) is 9.97 Å². The smallest absolute Gasteiger partial charge is 0.0274 e. The summed E-state index contributed by atoms with van der Waals surface area (Å²) in [5.74, 6) is 0. The number of aryl methyl sites for hydroxylation is 2. The van der Waals surface area contributed by atoms with E-state index in [1.54, 1.807) is 0 Å². The van der Waals surface area contributed by atoms with Gasteiger partial charge < -0.3 is 0 Å². The van der Waals surface area contributed by atoms with Crippen molar-refractivity contribution in [2.45, 2.75) is 13.8 Å². The zero-order valence-electron chi connectivity index (χ0n) is 12.2. The van der Waals surface area contributed by atoms with Gasteiger partial charge in [0.05, 0.1) is 0 Å². The third-order valence-electron chi connectivity index (χ3n) is 3.45. The fraction of sp³-hybridized carbons (Fsp3) is 0.111. The van der Waals surface area contributed by atoms with Gasteiger partial charge in [-0.15, -0.1) is 0 Å². The second-order valence-corrected chi connectivity index (χ2v) is 7.22. The summed E-state index contributed by atoms with van der Waals surface area (Å²) >= 11 is 0. The largest absolute Gasteiger partial charge is 0.265 e. The molecule has 2 heterocycles. The van der Waals surface area contributed by atoms with Crippen molar-refractivity contribution in [3.05, 3.63) is 78.4 Å². The molecular weight excluding hydrogens is 275 g/mol. The van der Waals surface area contributed by atoms with E-state index in [1.807, 2.05) is 24.8 Å². The molecule has 0 aliphatic heterocycles. The molecule has 0 amide bonds. The molecule has 2 nitrogen and oxygen atoms in total. The van der Waals surface area contributed by atoms with Crippen molar-refractivity contribution in [2.75, 3.05) is 0 Å². The van der Waals surface area contributed by atoms with Crippen LogP contribution in [-0.4, -0.2) is 9.97 Å². The van der Waals surface area contributed by atoms with Gasteiger partial charge in [0.25, 0.3) is 0 Å². The number of hydrogen-bond acceptors (Lipinski definition) is 2. The molecule has 3 heteroatoms. The summed E-state index contributed by atoms with van der Waals surface area (Å²) in [7, 11) is -0.563. The normalized spacial score (nSPS) is 10.8. The third-order valence-corrected chi connectivity index (χ3v) is 6.04. The van der Waals surface area contributed by atoms with Crippen LogP contribution in [0, 0.1) is 13.8 Å². The van der Waals surface area contributed by atoms with E-state index >= 15 is 0 Å². The number of aromatic nitrogens is 2. The Morgan fingerprint density at radius 2 is 1.24 bits per heavy atom.